The molecule has 2 aromatic heterocycles. The minimum Gasteiger partial charge on any atom is -0.238 e. The van der Waals surface area contributed by atoms with Crippen LogP contribution in [0.5, 0.6) is 0 Å². The third-order valence-electron chi connectivity index (χ3n) is 4.94. The van der Waals surface area contributed by atoms with Crippen molar-refractivity contribution in [3.8, 4) is 5.69 Å². The molecule has 5 nitrogen and oxygen atoms in total. The molecule has 0 fully saturated rings. The third-order valence-corrected chi connectivity index (χ3v) is 7.83. The lowest BCUT2D eigenvalue weighted by molar-refractivity contribution is 0.565. The van der Waals surface area contributed by atoms with Gasteiger partial charge in [0.15, 0.2) is 0 Å². The van der Waals surface area contributed by atoms with Crippen molar-refractivity contribution in [1.82, 2.24) is 14.5 Å². The van der Waals surface area contributed by atoms with Crippen LogP contribution in [0.15, 0.2) is 58.1 Å². The Labute approximate surface area is 167 Å². The average Bonchev–Trinajstić information content (AvgIpc) is 3.37. The van der Waals surface area contributed by atoms with Crippen LogP contribution in [0, 0.1) is 19.7 Å². The minimum atomic E-state index is -3.51. The fourth-order valence-electron chi connectivity index (χ4n) is 3.70. The van der Waals surface area contributed by atoms with Crippen molar-refractivity contribution < 1.29 is 12.8 Å². The zero-order valence-electron chi connectivity index (χ0n) is 15.5. The van der Waals surface area contributed by atoms with Crippen LogP contribution < -0.4 is 4.72 Å². The van der Waals surface area contributed by atoms with Gasteiger partial charge < -0.3 is 0 Å². The van der Waals surface area contributed by atoms with Crippen molar-refractivity contribution >= 4 is 21.4 Å². The second kappa shape index (κ2) is 7.27. The molecule has 8 heteroatoms. The quantitative estimate of drug-likeness (QED) is 0.636. The van der Waals surface area contributed by atoms with E-state index in [-0.39, 0.29) is 17.8 Å². The van der Waals surface area contributed by atoms with E-state index in [0.29, 0.717) is 10.6 Å². The molecule has 0 radical (unpaired) electrons. The monoisotopic (exact) mass is 417 g/mol. The summed E-state index contributed by atoms with van der Waals surface area (Å²) in [7, 11) is -3.51. The molecule has 0 saturated heterocycles. The van der Waals surface area contributed by atoms with E-state index < -0.39 is 10.0 Å². The highest BCUT2D eigenvalue weighted by molar-refractivity contribution is 7.91. The molecule has 1 aliphatic carbocycles. The lowest BCUT2D eigenvalue weighted by Crippen LogP contribution is -2.32. The standard InChI is InChI=1S/C20H20FN3O2S2/c1-13-20(14(2)24(22-13)18-9-6-16(21)7-10-18)15-5-8-17(12-15)23-28(25,26)19-4-3-11-27-19/h3-11,15,17,23H,12H2,1-2H3/t15-,17-/m1/s1. The van der Waals surface area contributed by atoms with Gasteiger partial charge in [0.05, 0.1) is 11.4 Å². The fraction of sp³-hybridized carbons (Fsp3) is 0.250. The van der Waals surface area contributed by atoms with Crippen LogP contribution >= 0.6 is 11.3 Å². The van der Waals surface area contributed by atoms with Gasteiger partial charge in [-0.1, -0.05) is 18.2 Å². The van der Waals surface area contributed by atoms with Gasteiger partial charge in [0, 0.05) is 23.2 Å². The molecule has 3 aromatic rings. The number of rotatable bonds is 5. The molecule has 0 spiro atoms. The SMILES string of the molecule is Cc1nn(-c2ccc(F)cc2)c(C)c1[C@@H]1C=C[C@@H](NS(=O)(=O)c2cccs2)C1. The zero-order valence-corrected chi connectivity index (χ0v) is 17.1. The molecule has 2 heterocycles. The van der Waals surface area contributed by atoms with Crippen LogP contribution in [0.4, 0.5) is 4.39 Å². The number of nitrogens with zero attached hydrogens (tertiary/aromatic N) is 2. The summed E-state index contributed by atoms with van der Waals surface area (Å²) >= 11 is 1.20. The Morgan fingerprint density at radius 2 is 1.93 bits per heavy atom. The number of hydrogen-bond donors (Lipinski definition) is 1. The zero-order chi connectivity index (χ0) is 19.9. The molecule has 1 aromatic carbocycles. The van der Waals surface area contributed by atoms with Gasteiger partial charge in [-0.15, -0.1) is 11.3 Å². The Morgan fingerprint density at radius 1 is 1.18 bits per heavy atom. The van der Waals surface area contributed by atoms with Crippen LogP contribution in [-0.4, -0.2) is 24.2 Å². The normalized spacial score (nSPS) is 19.4. The Balaban J connectivity index is 1.55. The lowest BCUT2D eigenvalue weighted by atomic mass is 9.96. The number of sulfonamides is 1. The van der Waals surface area contributed by atoms with Crippen molar-refractivity contribution in [2.24, 2.45) is 0 Å². The van der Waals surface area contributed by atoms with Gasteiger partial charge in [0.2, 0.25) is 0 Å². The first-order valence-electron chi connectivity index (χ1n) is 8.91. The summed E-state index contributed by atoms with van der Waals surface area (Å²) in [5, 5.41) is 6.37. The number of thiophene rings is 1. The van der Waals surface area contributed by atoms with Crippen LogP contribution in [0.25, 0.3) is 5.69 Å². The highest BCUT2D eigenvalue weighted by atomic mass is 32.2. The van der Waals surface area contributed by atoms with E-state index in [2.05, 4.69) is 9.82 Å². The van der Waals surface area contributed by atoms with Crippen LogP contribution in [-0.2, 0) is 10.0 Å². The van der Waals surface area contributed by atoms with E-state index in [0.717, 1.165) is 22.6 Å². The summed E-state index contributed by atoms with van der Waals surface area (Å²) in [6.07, 6.45) is 4.58. The number of nitrogens with one attached hydrogen (secondary N) is 1. The van der Waals surface area contributed by atoms with E-state index in [9.17, 15) is 12.8 Å². The molecule has 2 atom stereocenters. The first-order valence-corrected chi connectivity index (χ1v) is 11.3. The fourth-order valence-corrected chi connectivity index (χ4v) is 5.91. The molecular formula is C20H20FN3O2S2. The Hall–Kier alpha value is -2.29. The molecular weight excluding hydrogens is 397 g/mol. The van der Waals surface area contributed by atoms with E-state index in [1.165, 1.54) is 23.5 Å². The van der Waals surface area contributed by atoms with Crippen LogP contribution in [0.2, 0.25) is 0 Å². The van der Waals surface area contributed by atoms with E-state index in [1.807, 2.05) is 26.0 Å². The molecule has 0 amide bonds. The topological polar surface area (TPSA) is 64.0 Å². The number of aryl methyl sites for hydroxylation is 1. The van der Waals surface area contributed by atoms with E-state index in [1.54, 1.807) is 34.3 Å². The summed E-state index contributed by atoms with van der Waals surface area (Å²) in [6.45, 7) is 3.93. The van der Waals surface area contributed by atoms with Crippen LogP contribution in [0.3, 0.4) is 0 Å². The van der Waals surface area contributed by atoms with Crippen molar-refractivity contribution in [3.05, 3.63) is 76.7 Å². The predicted octanol–water partition coefficient (Wildman–Crippen LogP) is 4.08. The van der Waals surface area contributed by atoms with Gasteiger partial charge in [-0.25, -0.2) is 22.2 Å². The summed E-state index contributed by atoms with van der Waals surface area (Å²) in [4.78, 5) is 0. The molecule has 0 unspecified atom stereocenters. The second-order valence-electron chi connectivity index (χ2n) is 6.86. The molecule has 4 rings (SSSR count). The minimum absolute atomic E-state index is 0.0743. The molecule has 0 aliphatic heterocycles. The second-order valence-corrected chi connectivity index (χ2v) is 9.75. The van der Waals surface area contributed by atoms with E-state index >= 15 is 0 Å². The summed E-state index contributed by atoms with van der Waals surface area (Å²) in [6, 6.07) is 9.28. The molecule has 0 bridgehead atoms. The molecule has 1 aliphatic rings. The Morgan fingerprint density at radius 3 is 2.61 bits per heavy atom. The van der Waals surface area contributed by atoms with Gasteiger partial charge >= 0.3 is 0 Å². The molecule has 1 N–H and O–H groups in total. The molecule has 28 heavy (non-hydrogen) atoms. The van der Waals surface area contributed by atoms with Crippen molar-refractivity contribution in [2.75, 3.05) is 0 Å². The average molecular weight is 418 g/mol. The molecule has 146 valence electrons. The highest BCUT2D eigenvalue weighted by Crippen LogP contribution is 2.34. The number of hydrogen-bond acceptors (Lipinski definition) is 4. The highest BCUT2D eigenvalue weighted by Gasteiger charge is 2.29. The first-order chi connectivity index (χ1) is 13.3. The summed E-state index contributed by atoms with van der Waals surface area (Å²) in [5.74, 6) is -0.213. The number of benzene rings is 1. The number of halogens is 1. The largest absolute Gasteiger partial charge is 0.250 e. The summed E-state index contributed by atoms with van der Waals surface area (Å²) < 4.78 is 43.0. The third kappa shape index (κ3) is 3.55. The van der Waals surface area contributed by atoms with Gasteiger partial charge in [0.25, 0.3) is 10.0 Å². The van der Waals surface area contributed by atoms with Gasteiger partial charge in [0.1, 0.15) is 10.0 Å². The van der Waals surface area contributed by atoms with Gasteiger partial charge in [-0.05, 0) is 56.0 Å². The Kier molecular flexibility index (Phi) is 4.95. The predicted molar refractivity (Wildman–Crippen MR) is 108 cm³/mol. The first kappa shape index (κ1) is 19.0. The maximum absolute atomic E-state index is 13.2. The van der Waals surface area contributed by atoms with Gasteiger partial charge in [-0.2, -0.15) is 5.10 Å². The lowest BCUT2D eigenvalue weighted by Gasteiger charge is -2.14. The number of aromatic nitrogens is 2. The smallest absolute Gasteiger partial charge is 0.238 e. The van der Waals surface area contributed by atoms with Gasteiger partial charge in [-0.3, -0.25) is 0 Å². The Bertz CT molecular complexity index is 1120. The molecule has 0 saturated carbocycles. The number of allylic oxidation sites excluding steroid dienone is 1. The maximum atomic E-state index is 13.2. The maximum Gasteiger partial charge on any atom is 0.250 e. The van der Waals surface area contributed by atoms with Crippen molar-refractivity contribution in [1.29, 1.82) is 0 Å². The van der Waals surface area contributed by atoms with Crippen molar-refractivity contribution in [3.63, 3.8) is 0 Å². The van der Waals surface area contributed by atoms with Crippen LogP contribution in [0.1, 0.15) is 29.3 Å². The van der Waals surface area contributed by atoms with Crippen molar-refractivity contribution in [2.45, 2.75) is 36.4 Å². The van der Waals surface area contributed by atoms with E-state index in [4.69, 9.17) is 0 Å². The summed E-state index contributed by atoms with van der Waals surface area (Å²) in [5.41, 5.74) is 3.74.